The zero-order chi connectivity index (χ0) is 12.6. The Morgan fingerprint density at radius 2 is 1.76 bits per heavy atom. The maximum Gasteiger partial charge on any atom is 0.213 e. The van der Waals surface area contributed by atoms with E-state index >= 15 is 0 Å². The van der Waals surface area contributed by atoms with E-state index in [1.165, 1.54) is 12.8 Å². The van der Waals surface area contributed by atoms with Gasteiger partial charge in [-0.2, -0.15) is 0 Å². The summed E-state index contributed by atoms with van der Waals surface area (Å²) < 4.78 is 26.2. The Balaban J connectivity index is 1.86. The van der Waals surface area contributed by atoms with E-state index in [-0.39, 0.29) is 5.25 Å². The summed E-state index contributed by atoms with van der Waals surface area (Å²) in [4.78, 5) is 2.48. The summed E-state index contributed by atoms with van der Waals surface area (Å²) in [7, 11) is -0.884. The molecule has 2 aliphatic rings. The minimum atomic E-state index is -3.09. The molecule has 0 radical (unpaired) electrons. The molecule has 0 spiro atoms. The normalized spacial score (nSPS) is 34.5. The summed E-state index contributed by atoms with van der Waals surface area (Å²) in [6.07, 6.45) is 4.87. The van der Waals surface area contributed by atoms with Crippen LogP contribution in [0.3, 0.4) is 0 Å². The zero-order valence-electron chi connectivity index (χ0n) is 11.0. The summed E-state index contributed by atoms with van der Waals surface area (Å²) >= 11 is 0. The third kappa shape index (κ3) is 2.83. The molecule has 2 rings (SSSR count). The van der Waals surface area contributed by atoms with Gasteiger partial charge in [-0.1, -0.05) is 0 Å². The summed E-state index contributed by atoms with van der Waals surface area (Å²) in [6.45, 7) is 4.07. The van der Waals surface area contributed by atoms with E-state index in [0.717, 1.165) is 12.8 Å². The van der Waals surface area contributed by atoms with Gasteiger partial charge in [-0.3, -0.25) is 0 Å². The van der Waals surface area contributed by atoms with Crippen LogP contribution >= 0.6 is 0 Å². The molecule has 0 aromatic heterocycles. The SMILES string of the molecule is CC(C)S(=O)(=O)NCC1CC2CCC(C1)N2C. The Bertz CT molecular complexity index is 353. The second-order valence-corrected chi connectivity index (χ2v) is 8.15. The first kappa shape index (κ1) is 13.3. The van der Waals surface area contributed by atoms with Crippen molar-refractivity contribution in [3.05, 3.63) is 0 Å². The minimum Gasteiger partial charge on any atom is -0.300 e. The summed E-state index contributed by atoms with van der Waals surface area (Å²) in [5.74, 6) is 0.525. The van der Waals surface area contributed by atoms with Gasteiger partial charge in [0.15, 0.2) is 0 Å². The Hall–Kier alpha value is -0.130. The standard InChI is InChI=1S/C12H24N2O2S/c1-9(2)17(15,16)13-8-10-6-11-4-5-12(7-10)14(11)3/h9-13H,4-8H2,1-3H3. The van der Waals surface area contributed by atoms with E-state index in [1.54, 1.807) is 13.8 Å². The van der Waals surface area contributed by atoms with Gasteiger partial charge in [-0.15, -0.1) is 0 Å². The van der Waals surface area contributed by atoms with Crippen molar-refractivity contribution in [1.82, 2.24) is 9.62 Å². The Morgan fingerprint density at radius 3 is 2.24 bits per heavy atom. The van der Waals surface area contributed by atoms with Crippen molar-refractivity contribution in [3.8, 4) is 0 Å². The zero-order valence-corrected chi connectivity index (χ0v) is 11.8. The predicted molar refractivity (Wildman–Crippen MR) is 69.4 cm³/mol. The lowest BCUT2D eigenvalue weighted by molar-refractivity contribution is 0.135. The van der Waals surface area contributed by atoms with Crippen molar-refractivity contribution in [2.24, 2.45) is 5.92 Å². The van der Waals surface area contributed by atoms with E-state index in [2.05, 4.69) is 16.7 Å². The van der Waals surface area contributed by atoms with Gasteiger partial charge in [0.25, 0.3) is 0 Å². The van der Waals surface area contributed by atoms with Gasteiger partial charge in [0.1, 0.15) is 0 Å². The number of hydrogen-bond donors (Lipinski definition) is 1. The van der Waals surface area contributed by atoms with Gasteiger partial charge >= 0.3 is 0 Å². The Kier molecular flexibility index (Phi) is 3.80. The fourth-order valence-electron chi connectivity index (χ4n) is 3.09. The molecule has 17 heavy (non-hydrogen) atoms. The molecule has 0 aliphatic carbocycles. The fourth-order valence-corrected chi connectivity index (χ4v) is 3.89. The highest BCUT2D eigenvalue weighted by molar-refractivity contribution is 7.90. The van der Waals surface area contributed by atoms with Crippen LogP contribution in [-0.2, 0) is 10.0 Å². The first-order valence-corrected chi connectivity index (χ1v) is 8.15. The van der Waals surface area contributed by atoms with E-state index < -0.39 is 10.0 Å². The molecule has 2 saturated heterocycles. The largest absolute Gasteiger partial charge is 0.300 e. The van der Waals surface area contributed by atoms with Gasteiger partial charge in [0.2, 0.25) is 10.0 Å². The number of nitrogens with one attached hydrogen (secondary N) is 1. The van der Waals surface area contributed by atoms with Gasteiger partial charge in [0.05, 0.1) is 5.25 Å². The van der Waals surface area contributed by atoms with Gasteiger partial charge in [-0.05, 0) is 52.5 Å². The lowest BCUT2D eigenvalue weighted by atomic mass is 9.91. The third-order valence-electron chi connectivity index (χ3n) is 4.39. The lowest BCUT2D eigenvalue weighted by Crippen LogP contribution is -2.44. The van der Waals surface area contributed by atoms with Gasteiger partial charge in [0, 0.05) is 18.6 Å². The van der Waals surface area contributed by atoms with Crippen LogP contribution in [0.2, 0.25) is 0 Å². The van der Waals surface area contributed by atoms with Crippen LogP contribution in [0, 0.1) is 5.92 Å². The molecule has 0 amide bonds. The number of sulfonamides is 1. The van der Waals surface area contributed by atoms with Crippen molar-refractivity contribution in [2.45, 2.75) is 56.9 Å². The van der Waals surface area contributed by atoms with Crippen LogP contribution in [0.5, 0.6) is 0 Å². The average molecular weight is 260 g/mol. The first-order chi connectivity index (χ1) is 7.90. The lowest BCUT2D eigenvalue weighted by Gasteiger charge is -2.36. The highest BCUT2D eigenvalue weighted by Crippen LogP contribution is 2.37. The second kappa shape index (κ2) is 4.86. The molecule has 2 atom stereocenters. The number of rotatable bonds is 4. The summed E-state index contributed by atoms with van der Waals surface area (Å²) in [6, 6.07) is 1.37. The quantitative estimate of drug-likeness (QED) is 0.826. The van der Waals surface area contributed by atoms with Crippen LogP contribution in [0.4, 0.5) is 0 Å². The van der Waals surface area contributed by atoms with Crippen molar-refractivity contribution in [3.63, 3.8) is 0 Å². The molecule has 1 N–H and O–H groups in total. The summed E-state index contributed by atoms with van der Waals surface area (Å²) in [5.41, 5.74) is 0. The van der Waals surface area contributed by atoms with Crippen LogP contribution < -0.4 is 4.72 Å². The molecular weight excluding hydrogens is 236 g/mol. The highest BCUT2D eigenvalue weighted by Gasteiger charge is 2.38. The molecule has 0 aromatic carbocycles. The van der Waals surface area contributed by atoms with E-state index in [9.17, 15) is 8.42 Å². The smallest absolute Gasteiger partial charge is 0.213 e. The van der Waals surface area contributed by atoms with Crippen LogP contribution in [0.15, 0.2) is 0 Å². The van der Waals surface area contributed by atoms with Crippen molar-refractivity contribution in [2.75, 3.05) is 13.6 Å². The van der Waals surface area contributed by atoms with Crippen LogP contribution in [-0.4, -0.2) is 44.2 Å². The average Bonchev–Trinajstić information content (AvgIpc) is 2.51. The molecule has 2 unspecified atom stereocenters. The highest BCUT2D eigenvalue weighted by atomic mass is 32.2. The molecule has 5 heteroatoms. The molecular formula is C12H24N2O2S. The Morgan fingerprint density at radius 1 is 1.24 bits per heavy atom. The van der Waals surface area contributed by atoms with Crippen LogP contribution in [0.25, 0.3) is 0 Å². The van der Waals surface area contributed by atoms with Gasteiger partial charge in [-0.25, -0.2) is 13.1 Å². The predicted octanol–water partition coefficient (Wildman–Crippen LogP) is 1.19. The van der Waals surface area contributed by atoms with E-state index in [0.29, 0.717) is 24.5 Å². The maximum atomic E-state index is 11.7. The number of hydrogen-bond acceptors (Lipinski definition) is 3. The summed E-state index contributed by atoms with van der Waals surface area (Å²) in [5, 5.41) is -0.328. The van der Waals surface area contributed by atoms with Crippen LogP contribution in [0.1, 0.15) is 39.5 Å². The molecule has 0 saturated carbocycles. The molecule has 0 aromatic rings. The maximum absolute atomic E-state index is 11.7. The molecule has 2 aliphatic heterocycles. The van der Waals surface area contributed by atoms with Gasteiger partial charge < -0.3 is 4.90 Å². The Labute approximate surface area is 105 Å². The molecule has 2 fully saturated rings. The van der Waals surface area contributed by atoms with E-state index in [1.807, 2.05) is 0 Å². The second-order valence-electron chi connectivity index (χ2n) is 5.83. The molecule has 2 bridgehead atoms. The third-order valence-corrected chi connectivity index (χ3v) is 6.20. The minimum absolute atomic E-state index is 0.328. The topological polar surface area (TPSA) is 49.4 Å². The first-order valence-electron chi connectivity index (χ1n) is 6.60. The van der Waals surface area contributed by atoms with Crippen molar-refractivity contribution >= 4 is 10.0 Å². The van der Waals surface area contributed by atoms with Crippen molar-refractivity contribution < 1.29 is 8.42 Å². The number of nitrogens with zero attached hydrogens (tertiary/aromatic N) is 1. The number of piperidine rings is 1. The molecule has 4 nitrogen and oxygen atoms in total. The fraction of sp³-hybridized carbons (Fsp3) is 1.00. The molecule has 2 heterocycles. The van der Waals surface area contributed by atoms with Crippen molar-refractivity contribution in [1.29, 1.82) is 0 Å². The molecule has 100 valence electrons. The number of fused-ring (bicyclic) bond motifs is 2. The van der Waals surface area contributed by atoms with E-state index in [4.69, 9.17) is 0 Å². The monoisotopic (exact) mass is 260 g/mol.